The predicted molar refractivity (Wildman–Crippen MR) is 63.1 cm³/mol. The zero-order valence-electron chi connectivity index (χ0n) is 10.9. The zero-order chi connectivity index (χ0) is 12.8. The van der Waals surface area contributed by atoms with Gasteiger partial charge in [-0.2, -0.15) is 0 Å². The van der Waals surface area contributed by atoms with Crippen LogP contribution in [0.2, 0.25) is 0 Å². The highest BCUT2D eigenvalue weighted by Crippen LogP contribution is 2.21. The van der Waals surface area contributed by atoms with Gasteiger partial charge in [0.25, 0.3) is 0 Å². The summed E-state index contributed by atoms with van der Waals surface area (Å²) in [7, 11) is 2.87. The third-order valence-electron chi connectivity index (χ3n) is 2.56. The molecule has 96 valence electrons. The minimum atomic E-state index is -1.22. The number of hydrogen-bond acceptors (Lipinski definition) is 4. The van der Waals surface area contributed by atoms with Crippen molar-refractivity contribution in [2.45, 2.75) is 51.6 Å². The van der Waals surface area contributed by atoms with Crippen LogP contribution in [0.3, 0.4) is 0 Å². The predicted octanol–water partition coefficient (Wildman–Crippen LogP) is 1.46. The average Bonchev–Trinajstić information content (AvgIpc) is 2.18. The lowest BCUT2D eigenvalue weighted by Crippen LogP contribution is -2.48. The second-order valence-electron chi connectivity index (χ2n) is 4.46. The highest BCUT2D eigenvalue weighted by molar-refractivity contribution is 4.95. The van der Waals surface area contributed by atoms with Gasteiger partial charge in [-0.25, -0.2) is 0 Å². The van der Waals surface area contributed by atoms with Crippen molar-refractivity contribution in [2.75, 3.05) is 14.2 Å². The molecule has 2 atom stereocenters. The summed E-state index contributed by atoms with van der Waals surface area (Å²) in [6, 6.07) is 0. The highest BCUT2D eigenvalue weighted by Gasteiger charge is 2.36. The van der Waals surface area contributed by atoms with Crippen LogP contribution in [0.15, 0.2) is 11.6 Å². The molecule has 0 spiro atoms. The van der Waals surface area contributed by atoms with E-state index in [0.29, 0.717) is 12.8 Å². The van der Waals surface area contributed by atoms with Crippen molar-refractivity contribution < 1.29 is 19.7 Å². The second kappa shape index (κ2) is 7.01. The van der Waals surface area contributed by atoms with Crippen LogP contribution in [0.5, 0.6) is 0 Å². The Morgan fingerprint density at radius 3 is 2.19 bits per heavy atom. The maximum Gasteiger partial charge on any atom is 0.185 e. The lowest BCUT2D eigenvalue weighted by atomic mass is 9.92. The quantitative estimate of drug-likeness (QED) is 0.515. The Kier molecular flexibility index (Phi) is 6.83. The molecule has 0 aromatic heterocycles. The van der Waals surface area contributed by atoms with Gasteiger partial charge in [0.15, 0.2) is 6.29 Å². The second-order valence-corrected chi connectivity index (χ2v) is 4.46. The molecule has 0 aromatic carbocycles. The van der Waals surface area contributed by atoms with E-state index in [1.165, 1.54) is 19.8 Å². The van der Waals surface area contributed by atoms with Gasteiger partial charge in [0.05, 0.1) is 5.60 Å². The first-order chi connectivity index (χ1) is 7.35. The molecule has 0 aliphatic carbocycles. The van der Waals surface area contributed by atoms with Gasteiger partial charge in [-0.3, -0.25) is 0 Å². The number of methoxy groups -OCH3 is 2. The monoisotopic (exact) mass is 232 g/mol. The van der Waals surface area contributed by atoms with Crippen LogP contribution in [-0.4, -0.2) is 42.4 Å². The standard InChI is InChI=1S/C12H24O4/c1-9(2)7-6-8-12(3,14)10(13)11(15-4)16-5/h7,10-11,13-14H,6,8H2,1-5H3. The highest BCUT2D eigenvalue weighted by atomic mass is 16.7. The van der Waals surface area contributed by atoms with E-state index in [-0.39, 0.29) is 0 Å². The van der Waals surface area contributed by atoms with Crippen LogP contribution in [0, 0.1) is 0 Å². The number of aliphatic hydroxyl groups excluding tert-OH is 1. The Hall–Kier alpha value is -0.420. The third kappa shape index (κ3) is 5.07. The van der Waals surface area contributed by atoms with Gasteiger partial charge in [0.1, 0.15) is 6.10 Å². The van der Waals surface area contributed by atoms with E-state index < -0.39 is 18.0 Å². The summed E-state index contributed by atoms with van der Waals surface area (Å²) in [6.07, 6.45) is 1.33. The van der Waals surface area contributed by atoms with Crippen LogP contribution < -0.4 is 0 Å². The molecule has 0 aliphatic heterocycles. The summed E-state index contributed by atoms with van der Waals surface area (Å²) in [5.41, 5.74) is -0.0249. The van der Waals surface area contributed by atoms with Crippen molar-refractivity contribution in [1.29, 1.82) is 0 Å². The molecule has 4 nitrogen and oxygen atoms in total. The van der Waals surface area contributed by atoms with Crippen LogP contribution in [0.1, 0.15) is 33.6 Å². The Balaban J connectivity index is 4.34. The first-order valence-corrected chi connectivity index (χ1v) is 5.44. The van der Waals surface area contributed by atoms with E-state index >= 15 is 0 Å². The fourth-order valence-electron chi connectivity index (χ4n) is 1.45. The van der Waals surface area contributed by atoms with E-state index in [1.807, 2.05) is 19.9 Å². The van der Waals surface area contributed by atoms with E-state index in [9.17, 15) is 10.2 Å². The van der Waals surface area contributed by atoms with Crippen molar-refractivity contribution >= 4 is 0 Å². The topological polar surface area (TPSA) is 58.9 Å². The summed E-state index contributed by atoms with van der Waals surface area (Å²) >= 11 is 0. The Bertz CT molecular complexity index is 215. The van der Waals surface area contributed by atoms with Gasteiger partial charge in [0.2, 0.25) is 0 Å². The van der Waals surface area contributed by atoms with Crippen molar-refractivity contribution in [1.82, 2.24) is 0 Å². The van der Waals surface area contributed by atoms with Gasteiger partial charge < -0.3 is 19.7 Å². The van der Waals surface area contributed by atoms with E-state index in [1.54, 1.807) is 6.92 Å². The van der Waals surface area contributed by atoms with E-state index in [2.05, 4.69) is 0 Å². The molecule has 4 heteroatoms. The van der Waals surface area contributed by atoms with Gasteiger partial charge in [-0.1, -0.05) is 11.6 Å². The Morgan fingerprint density at radius 2 is 1.81 bits per heavy atom. The number of ether oxygens (including phenoxy) is 2. The number of aliphatic hydroxyl groups is 2. The van der Waals surface area contributed by atoms with Crippen molar-refractivity contribution in [3.63, 3.8) is 0 Å². The first-order valence-electron chi connectivity index (χ1n) is 5.44. The fraction of sp³-hybridized carbons (Fsp3) is 0.833. The molecule has 0 amide bonds. The molecule has 0 fully saturated rings. The van der Waals surface area contributed by atoms with Gasteiger partial charge >= 0.3 is 0 Å². The number of hydrogen-bond donors (Lipinski definition) is 2. The van der Waals surface area contributed by atoms with Crippen LogP contribution in [0.4, 0.5) is 0 Å². The third-order valence-corrected chi connectivity index (χ3v) is 2.56. The zero-order valence-corrected chi connectivity index (χ0v) is 10.9. The molecule has 0 aromatic rings. The van der Waals surface area contributed by atoms with E-state index in [0.717, 1.165) is 0 Å². The average molecular weight is 232 g/mol. The number of rotatable bonds is 7. The van der Waals surface area contributed by atoms with Crippen molar-refractivity contribution in [2.24, 2.45) is 0 Å². The van der Waals surface area contributed by atoms with Crippen LogP contribution in [0.25, 0.3) is 0 Å². The summed E-state index contributed by atoms with van der Waals surface area (Å²) in [5.74, 6) is 0. The molecular formula is C12H24O4. The molecule has 0 bridgehead atoms. The minimum Gasteiger partial charge on any atom is -0.387 e. The Labute approximate surface area is 97.9 Å². The van der Waals surface area contributed by atoms with Gasteiger partial charge in [-0.05, 0) is 33.6 Å². The Morgan fingerprint density at radius 1 is 1.31 bits per heavy atom. The van der Waals surface area contributed by atoms with Crippen LogP contribution in [-0.2, 0) is 9.47 Å². The number of allylic oxidation sites excluding steroid dienone is 2. The SMILES string of the molecule is COC(OC)C(O)C(C)(O)CCC=C(C)C. The largest absolute Gasteiger partial charge is 0.387 e. The lowest BCUT2D eigenvalue weighted by molar-refractivity contribution is -0.216. The molecule has 2 unspecified atom stereocenters. The summed E-state index contributed by atoms with van der Waals surface area (Å²) in [5, 5.41) is 20.0. The molecule has 16 heavy (non-hydrogen) atoms. The molecule has 0 rings (SSSR count). The molecule has 0 heterocycles. The minimum absolute atomic E-state index is 0.461. The summed E-state index contributed by atoms with van der Waals surface area (Å²) < 4.78 is 9.85. The molecular weight excluding hydrogens is 208 g/mol. The molecule has 0 saturated heterocycles. The lowest BCUT2D eigenvalue weighted by Gasteiger charge is -2.32. The van der Waals surface area contributed by atoms with Gasteiger partial charge in [-0.15, -0.1) is 0 Å². The summed E-state index contributed by atoms with van der Waals surface area (Å²) in [6.45, 7) is 5.58. The smallest absolute Gasteiger partial charge is 0.185 e. The maximum absolute atomic E-state index is 10.1. The van der Waals surface area contributed by atoms with Crippen LogP contribution >= 0.6 is 0 Å². The summed E-state index contributed by atoms with van der Waals surface area (Å²) in [4.78, 5) is 0. The molecule has 2 N–H and O–H groups in total. The maximum atomic E-state index is 10.1. The van der Waals surface area contributed by atoms with Crippen molar-refractivity contribution in [3.05, 3.63) is 11.6 Å². The molecule has 0 radical (unpaired) electrons. The first kappa shape index (κ1) is 15.6. The fourth-order valence-corrected chi connectivity index (χ4v) is 1.45. The molecule has 0 aliphatic rings. The molecule has 0 saturated carbocycles. The van der Waals surface area contributed by atoms with E-state index in [4.69, 9.17) is 9.47 Å². The normalized spacial score (nSPS) is 17.0. The van der Waals surface area contributed by atoms with Crippen molar-refractivity contribution in [3.8, 4) is 0 Å². The van der Waals surface area contributed by atoms with Gasteiger partial charge in [0, 0.05) is 14.2 Å².